The molecule has 2 aliphatic rings. The third-order valence-electron chi connectivity index (χ3n) is 4.36. The van der Waals surface area contributed by atoms with Crippen LogP contribution in [-0.2, 0) is 11.2 Å². The first-order chi connectivity index (χ1) is 10.7. The second-order valence-corrected chi connectivity index (χ2v) is 6.16. The van der Waals surface area contributed by atoms with Gasteiger partial charge >= 0.3 is 0 Å². The minimum Gasteiger partial charge on any atom is -0.494 e. The molecule has 1 amide bonds. The zero-order chi connectivity index (χ0) is 15.5. The first kappa shape index (κ1) is 17.9. The summed E-state index contributed by atoms with van der Waals surface area (Å²) in [4.78, 5) is 12.3. The molecule has 1 aliphatic heterocycles. The van der Waals surface area contributed by atoms with Crippen molar-refractivity contribution >= 4 is 18.3 Å². The van der Waals surface area contributed by atoms with E-state index in [0.717, 1.165) is 17.1 Å². The molecule has 0 radical (unpaired) electrons. The number of hydrogen-bond acceptors (Lipinski definition) is 4. The topological polar surface area (TPSA) is 73.6 Å². The van der Waals surface area contributed by atoms with Gasteiger partial charge in [0.15, 0.2) is 0 Å². The maximum atomic E-state index is 12.3. The van der Waals surface area contributed by atoms with E-state index >= 15 is 0 Å². The van der Waals surface area contributed by atoms with Gasteiger partial charge in [0.2, 0.25) is 5.91 Å². The molecule has 1 fully saturated rings. The lowest BCUT2D eigenvalue weighted by molar-refractivity contribution is -0.126. The molecule has 1 heterocycles. The van der Waals surface area contributed by atoms with E-state index in [0.29, 0.717) is 32.1 Å². The quantitative estimate of drug-likeness (QED) is 0.829. The predicted octanol–water partition coefficient (Wildman–Crippen LogP) is 1.91. The molecule has 0 spiro atoms. The van der Waals surface area contributed by atoms with Crippen LogP contribution < -0.4 is 20.5 Å². The third kappa shape index (κ3) is 4.52. The molecule has 128 valence electrons. The van der Waals surface area contributed by atoms with Crippen molar-refractivity contribution in [1.82, 2.24) is 5.32 Å². The van der Waals surface area contributed by atoms with Gasteiger partial charge in [-0.25, -0.2) is 0 Å². The number of ether oxygens (including phenoxy) is 2. The van der Waals surface area contributed by atoms with Crippen LogP contribution in [0.5, 0.6) is 11.5 Å². The van der Waals surface area contributed by atoms with Crippen molar-refractivity contribution in [3.8, 4) is 11.5 Å². The van der Waals surface area contributed by atoms with Crippen molar-refractivity contribution < 1.29 is 14.3 Å². The standard InChI is InChI=1S/C17H24N2O3.ClH/c1-2-21-14-5-6-16-12(8-14)7-13(10-22-16)17(20)19-9-15(18)11-3-4-11;/h5-6,8,11,13,15H,2-4,7,9-10,18H2,1H3,(H,19,20);1H. The molecule has 2 unspecified atom stereocenters. The van der Waals surface area contributed by atoms with Gasteiger partial charge in [-0.3, -0.25) is 4.79 Å². The number of benzene rings is 1. The number of halogens is 1. The Kier molecular flexibility index (Phi) is 6.13. The summed E-state index contributed by atoms with van der Waals surface area (Å²) in [5.74, 6) is 2.14. The van der Waals surface area contributed by atoms with Crippen molar-refractivity contribution in [3.63, 3.8) is 0 Å². The fourth-order valence-corrected chi connectivity index (χ4v) is 2.85. The average molecular weight is 341 g/mol. The number of carbonyl (C=O) groups is 1. The lowest BCUT2D eigenvalue weighted by Gasteiger charge is -2.25. The summed E-state index contributed by atoms with van der Waals surface area (Å²) in [5, 5.41) is 2.97. The molecular weight excluding hydrogens is 316 g/mol. The predicted molar refractivity (Wildman–Crippen MR) is 91.3 cm³/mol. The van der Waals surface area contributed by atoms with Gasteiger partial charge in [0.05, 0.1) is 12.5 Å². The molecule has 1 aromatic carbocycles. The van der Waals surface area contributed by atoms with E-state index in [2.05, 4.69) is 5.32 Å². The molecule has 5 nitrogen and oxygen atoms in total. The Morgan fingerprint density at radius 3 is 2.96 bits per heavy atom. The number of nitrogens with two attached hydrogens (primary N) is 1. The Labute approximate surface area is 143 Å². The van der Waals surface area contributed by atoms with Gasteiger partial charge in [-0.1, -0.05) is 0 Å². The van der Waals surface area contributed by atoms with Crippen molar-refractivity contribution in [2.45, 2.75) is 32.2 Å². The summed E-state index contributed by atoms with van der Waals surface area (Å²) in [6.45, 7) is 3.56. The Morgan fingerprint density at radius 2 is 2.26 bits per heavy atom. The largest absolute Gasteiger partial charge is 0.494 e. The lowest BCUT2D eigenvalue weighted by Crippen LogP contribution is -2.43. The van der Waals surface area contributed by atoms with Crippen molar-refractivity contribution in [3.05, 3.63) is 23.8 Å². The van der Waals surface area contributed by atoms with Gasteiger partial charge in [0.25, 0.3) is 0 Å². The molecule has 1 aromatic rings. The van der Waals surface area contributed by atoms with Crippen LogP contribution in [-0.4, -0.2) is 31.7 Å². The van der Waals surface area contributed by atoms with E-state index in [9.17, 15) is 4.79 Å². The molecule has 0 saturated heterocycles. The highest BCUT2D eigenvalue weighted by atomic mass is 35.5. The first-order valence-corrected chi connectivity index (χ1v) is 8.09. The van der Waals surface area contributed by atoms with E-state index in [1.807, 2.05) is 25.1 Å². The third-order valence-corrected chi connectivity index (χ3v) is 4.36. The van der Waals surface area contributed by atoms with E-state index in [1.54, 1.807) is 0 Å². The second-order valence-electron chi connectivity index (χ2n) is 6.16. The van der Waals surface area contributed by atoms with Crippen LogP contribution in [0.4, 0.5) is 0 Å². The SMILES string of the molecule is CCOc1ccc2c(c1)CC(C(=O)NCC(N)C1CC1)CO2.Cl. The Bertz CT molecular complexity index is 549. The van der Waals surface area contributed by atoms with Gasteiger partial charge in [-0.15, -0.1) is 12.4 Å². The molecule has 2 atom stereocenters. The minimum atomic E-state index is -0.157. The average Bonchev–Trinajstić information content (AvgIpc) is 3.37. The molecular formula is C17H25ClN2O3. The second kappa shape index (κ2) is 7.88. The highest BCUT2D eigenvalue weighted by Crippen LogP contribution is 2.32. The van der Waals surface area contributed by atoms with E-state index in [4.69, 9.17) is 15.2 Å². The normalized spacial score (nSPS) is 20.5. The van der Waals surface area contributed by atoms with Crippen molar-refractivity contribution in [2.75, 3.05) is 19.8 Å². The van der Waals surface area contributed by atoms with Gasteiger partial charge in [0.1, 0.15) is 18.1 Å². The molecule has 23 heavy (non-hydrogen) atoms. The minimum absolute atomic E-state index is 0. The summed E-state index contributed by atoms with van der Waals surface area (Å²) in [6, 6.07) is 5.87. The summed E-state index contributed by atoms with van der Waals surface area (Å²) >= 11 is 0. The first-order valence-electron chi connectivity index (χ1n) is 8.09. The smallest absolute Gasteiger partial charge is 0.226 e. The molecule has 0 bridgehead atoms. The summed E-state index contributed by atoms with van der Waals surface area (Å²) in [7, 11) is 0. The van der Waals surface area contributed by atoms with Crippen LogP contribution in [0.15, 0.2) is 18.2 Å². The Morgan fingerprint density at radius 1 is 1.48 bits per heavy atom. The van der Waals surface area contributed by atoms with E-state index in [-0.39, 0.29) is 30.3 Å². The Hall–Kier alpha value is -1.46. The maximum Gasteiger partial charge on any atom is 0.226 e. The number of nitrogens with one attached hydrogen (secondary N) is 1. The van der Waals surface area contributed by atoms with Gasteiger partial charge in [-0.2, -0.15) is 0 Å². The van der Waals surface area contributed by atoms with Crippen molar-refractivity contribution in [2.24, 2.45) is 17.6 Å². The fourth-order valence-electron chi connectivity index (χ4n) is 2.85. The highest BCUT2D eigenvalue weighted by molar-refractivity contribution is 5.85. The highest BCUT2D eigenvalue weighted by Gasteiger charge is 2.30. The zero-order valence-corrected chi connectivity index (χ0v) is 14.2. The van der Waals surface area contributed by atoms with Crippen LogP contribution in [0.25, 0.3) is 0 Å². The van der Waals surface area contributed by atoms with E-state index < -0.39 is 0 Å². The summed E-state index contributed by atoms with van der Waals surface area (Å²) < 4.78 is 11.2. The van der Waals surface area contributed by atoms with Crippen LogP contribution in [0.1, 0.15) is 25.3 Å². The molecule has 6 heteroatoms. The van der Waals surface area contributed by atoms with Crippen LogP contribution in [0.2, 0.25) is 0 Å². The number of hydrogen-bond donors (Lipinski definition) is 2. The van der Waals surface area contributed by atoms with E-state index in [1.165, 1.54) is 12.8 Å². The van der Waals surface area contributed by atoms with Crippen LogP contribution in [0, 0.1) is 11.8 Å². The number of rotatable bonds is 6. The molecule has 3 N–H and O–H groups in total. The fraction of sp³-hybridized carbons (Fsp3) is 0.588. The Balaban J connectivity index is 0.00000192. The number of carbonyl (C=O) groups excluding carboxylic acids is 1. The van der Waals surface area contributed by atoms with Crippen LogP contribution >= 0.6 is 12.4 Å². The summed E-state index contributed by atoms with van der Waals surface area (Å²) in [5.41, 5.74) is 7.06. The zero-order valence-electron chi connectivity index (χ0n) is 13.4. The van der Waals surface area contributed by atoms with Crippen molar-refractivity contribution in [1.29, 1.82) is 0 Å². The molecule has 3 rings (SSSR count). The molecule has 1 saturated carbocycles. The molecule has 0 aromatic heterocycles. The number of amides is 1. The maximum absolute atomic E-state index is 12.3. The monoisotopic (exact) mass is 340 g/mol. The van der Waals surface area contributed by atoms with Crippen LogP contribution in [0.3, 0.4) is 0 Å². The van der Waals surface area contributed by atoms with Gasteiger partial charge < -0.3 is 20.5 Å². The molecule has 1 aliphatic carbocycles. The lowest BCUT2D eigenvalue weighted by atomic mass is 9.95. The van der Waals surface area contributed by atoms with Gasteiger partial charge in [-0.05, 0) is 55.9 Å². The summed E-state index contributed by atoms with van der Waals surface area (Å²) in [6.07, 6.45) is 3.06. The number of fused-ring (bicyclic) bond motifs is 1. The van der Waals surface area contributed by atoms with Gasteiger partial charge in [0, 0.05) is 12.6 Å².